The van der Waals surface area contributed by atoms with Crippen LogP contribution in [0.4, 0.5) is 15.8 Å². The summed E-state index contributed by atoms with van der Waals surface area (Å²) >= 11 is 0. The number of ketones is 1. The molecule has 3 heterocycles. The van der Waals surface area contributed by atoms with Gasteiger partial charge in [-0.2, -0.15) is 0 Å². The van der Waals surface area contributed by atoms with Crippen molar-refractivity contribution in [2.75, 3.05) is 16.8 Å². The molecular weight excluding hydrogens is 411 g/mol. The van der Waals surface area contributed by atoms with Gasteiger partial charge in [0.1, 0.15) is 12.4 Å². The molecule has 8 heteroatoms. The van der Waals surface area contributed by atoms with E-state index in [1.807, 2.05) is 0 Å². The Morgan fingerprint density at radius 3 is 2.50 bits per heavy atom. The van der Waals surface area contributed by atoms with Crippen LogP contribution >= 0.6 is 0 Å². The number of anilines is 2. The number of hydrogen-bond donors (Lipinski definition) is 1. The molecule has 1 unspecified atom stereocenters. The number of hydrogen-bond acceptors (Lipinski definition) is 5. The zero-order chi connectivity index (χ0) is 23.0. The second-order valence-electron chi connectivity index (χ2n) is 7.76. The third kappa shape index (κ3) is 3.99. The van der Waals surface area contributed by atoms with Crippen LogP contribution in [0, 0.1) is 12.7 Å². The lowest BCUT2D eigenvalue weighted by Gasteiger charge is -2.24. The van der Waals surface area contributed by atoms with Crippen LogP contribution < -0.4 is 10.2 Å². The molecule has 0 saturated carbocycles. The Labute approximate surface area is 184 Å². The highest BCUT2D eigenvalue weighted by atomic mass is 19.1. The van der Waals surface area contributed by atoms with Gasteiger partial charge in [0.05, 0.1) is 23.5 Å². The molecule has 0 fully saturated rings. The smallest absolute Gasteiger partial charge is 0.244 e. The summed E-state index contributed by atoms with van der Waals surface area (Å²) in [7, 11) is 0. The van der Waals surface area contributed by atoms with Crippen molar-refractivity contribution in [1.82, 2.24) is 9.97 Å². The van der Waals surface area contributed by atoms with E-state index >= 15 is 0 Å². The van der Waals surface area contributed by atoms with Gasteiger partial charge in [0.2, 0.25) is 11.8 Å². The van der Waals surface area contributed by atoms with E-state index in [4.69, 9.17) is 0 Å². The standard InChI is InChI=1S/C24H21FN4O3/c1-13-8-21-20(11-26-13)19-9-17(25)10-27-23(19)14(2)24(32)29(21)12-22(31)28-18-6-4-16(5-7-18)15(3)30/h4-11,14H,12H2,1-3H3,(H,28,31). The van der Waals surface area contributed by atoms with Crippen LogP contribution in [0.1, 0.15) is 41.5 Å². The van der Waals surface area contributed by atoms with E-state index in [-0.39, 0.29) is 18.2 Å². The number of fused-ring (bicyclic) bond motifs is 3. The zero-order valence-corrected chi connectivity index (χ0v) is 17.8. The van der Waals surface area contributed by atoms with E-state index in [1.165, 1.54) is 17.9 Å². The Morgan fingerprint density at radius 2 is 1.81 bits per heavy atom. The molecule has 1 aromatic carbocycles. The minimum atomic E-state index is -0.680. The Kier molecular flexibility index (Phi) is 5.52. The number of aromatic nitrogens is 2. The molecule has 2 amide bonds. The van der Waals surface area contributed by atoms with Crippen molar-refractivity contribution in [3.05, 3.63) is 71.6 Å². The highest BCUT2D eigenvalue weighted by Crippen LogP contribution is 2.40. The lowest BCUT2D eigenvalue weighted by molar-refractivity contribution is -0.122. The summed E-state index contributed by atoms with van der Waals surface area (Å²) in [5.74, 6) is -2.00. The Bertz CT molecular complexity index is 1240. The van der Waals surface area contributed by atoms with Crippen molar-refractivity contribution >= 4 is 29.0 Å². The second kappa shape index (κ2) is 8.30. The van der Waals surface area contributed by atoms with Crippen molar-refractivity contribution in [1.29, 1.82) is 0 Å². The molecule has 0 radical (unpaired) electrons. The van der Waals surface area contributed by atoms with Crippen LogP contribution in [-0.4, -0.2) is 34.1 Å². The molecule has 0 saturated heterocycles. The van der Waals surface area contributed by atoms with Crippen molar-refractivity contribution < 1.29 is 18.8 Å². The Hall–Kier alpha value is -3.94. The number of nitrogens with one attached hydrogen (secondary N) is 1. The van der Waals surface area contributed by atoms with Gasteiger partial charge in [0, 0.05) is 34.3 Å². The van der Waals surface area contributed by atoms with Crippen LogP contribution in [0.2, 0.25) is 0 Å². The van der Waals surface area contributed by atoms with Crippen molar-refractivity contribution in [2.45, 2.75) is 26.7 Å². The number of benzene rings is 1. The average molecular weight is 432 g/mol. The first-order valence-corrected chi connectivity index (χ1v) is 10.1. The molecule has 0 bridgehead atoms. The maximum atomic E-state index is 14.0. The largest absolute Gasteiger partial charge is 0.325 e. The van der Waals surface area contributed by atoms with Crippen LogP contribution in [0.15, 0.2) is 48.8 Å². The highest BCUT2D eigenvalue weighted by molar-refractivity contribution is 6.09. The summed E-state index contributed by atoms with van der Waals surface area (Å²) < 4.78 is 14.0. The Morgan fingerprint density at radius 1 is 1.09 bits per heavy atom. The number of carbonyl (C=O) groups excluding carboxylic acids is 3. The van der Waals surface area contributed by atoms with Gasteiger partial charge in [-0.3, -0.25) is 24.4 Å². The maximum Gasteiger partial charge on any atom is 0.244 e. The van der Waals surface area contributed by atoms with Crippen LogP contribution in [0.5, 0.6) is 0 Å². The van der Waals surface area contributed by atoms with Gasteiger partial charge in [-0.25, -0.2) is 4.39 Å². The van der Waals surface area contributed by atoms with Crippen molar-refractivity contribution in [3.8, 4) is 11.1 Å². The SMILES string of the molecule is CC(=O)c1ccc(NC(=O)CN2C(=O)C(C)c3ncc(F)cc3-c3cnc(C)cc32)cc1. The van der Waals surface area contributed by atoms with Crippen LogP contribution in [-0.2, 0) is 9.59 Å². The fraction of sp³-hybridized carbons (Fsp3) is 0.208. The molecule has 1 aliphatic heterocycles. The molecule has 162 valence electrons. The molecule has 1 aliphatic rings. The van der Waals surface area contributed by atoms with Gasteiger partial charge in [0.25, 0.3) is 0 Å². The first-order chi connectivity index (χ1) is 15.2. The predicted octanol–water partition coefficient (Wildman–Crippen LogP) is 3.88. The fourth-order valence-corrected chi connectivity index (χ4v) is 3.75. The maximum absolute atomic E-state index is 14.0. The first kappa shape index (κ1) is 21.3. The number of Topliss-reactive ketones (excluding diaryl/α,β-unsaturated/α-hetero) is 1. The van der Waals surface area contributed by atoms with E-state index in [1.54, 1.807) is 50.4 Å². The molecule has 1 N–H and O–H groups in total. The van der Waals surface area contributed by atoms with Crippen LogP contribution in [0.25, 0.3) is 11.1 Å². The molecule has 1 atom stereocenters. The van der Waals surface area contributed by atoms with Crippen molar-refractivity contribution in [2.24, 2.45) is 0 Å². The summed E-state index contributed by atoms with van der Waals surface area (Å²) in [5, 5.41) is 2.75. The van der Waals surface area contributed by atoms with E-state index in [0.29, 0.717) is 39.5 Å². The van der Waals surface area contributed by atoms with Gasteiger partial charge in [-0.05, 0) is 57.2 Å². The zero-order valence-electron chi connectivity index (χ0n) is 17.8. The van der Waals surface area contributed by atoms with E-state index in [0.717, 1.165) is 6.20 Å². The highest BCUT2D eigenvalue weighted by Gasteiger charge is 2.34. The normalized spacial score (nSPS) is 14.9. The average Bonchev–Trinajstić information content (AvgIpc) is 2.83. The fourth-order valence-electron chi connectivity index (χ4n) is 3.75. The topological polar surface area (TPSA) is 92.3 Å². The number of nitrogens with zero attached hydrogens (tertiary/aromatic N) is 3. The molecule has 32 heavy (non-hydrogen) atoms. The van der Waals surface area contributed by atoms with E-state index in [9.17, 15) is 18.8 Å². The van der Waals surface area contributed by atoms with Gasteiger partial charge in [-0.15, -0.1) is 0 Å². The number of carbonyl (C=O) groups is 3. The number of rotatable bonds is 4. The van der Waals surface area contributed by atoms with Gasteiger partial charge < -0.3 is 10.2 Å². The monoisotopic (exact) mass is 432 g/mol. The van der Waals surface area contributed by atoms with Gasteiger partial charge in [-0.1, -0.05) is 0 Å². The summed E-state index contributed by atoms with van der Waals surface area (Å²) in [5.41, 5.74) is 3.63. The molecule has 7 nitrogen and oxygen atoms in total. The first-order valence-electron chi connectivity index (χ1n) is 10.1. The van der Waals surface area contributed by atoms with E-state index < -0.39 is 17.6 Å². The molecular formula is C24H21FN4O3. The number of aryl methyl sites for hydroxylation is 1. The summed E-state index contributed by atoms with van der Waals surface area (Å²) in [6.07, 6.45) is 2.65. The molecule has 3 aromatic rings. The minimum absolute atomic E-state index is 0.0720. The number of pyridine rings is 2. The quantitative estimate of drug-likeness (QED) is 0.632. The minimum Gasteiger partial charge on any atom is -0.325 e. The van der Waals surface area contributed by atoms with Gasteiger partial charge >= 0.3 is 0 Å². The second-order valence-corrected chi connectivity index (χ2v) is 7.76. The Balaban J connectivity index is 1.68. The van der Waals surface area contributed by atoms with Gasteiger partial charge in [0.15, 0.2) is 5.78 Å². The molecule has 4 rings (SSSR count). The van der Waals surface area contributed by atoms with Crippen LogP contribution in [0.3, 0.4) is 0 Å². The number of amides is 2. The van der Waals surface area contributed by atoms with E-state index in [2.05, 4.69) is 15.3 Å². The predicted molar refractivity (Wildman–Crippen MR) is 118 cm³/mol. The molecule has 2 aromatic heterocycles. The lowest BCUT2D eigenvalue weighted by atomic mass is 9.98. The third-order valence-corrected chi connectivity index (χ3v) is 5.41. The van der Waals surface area contributed by atoms with Crippen molar-refractivity contribution in [3.63, 3.8) is 0 Å². The molecule has 0 aliphatic carbocycles. The third-order valence-electron chi connectivity index (χ3n) is 5.41. The summed E-state index contributed by atoms with van der Waals surface area (Å²) in [6.45, 7) is 4.68. The number of halogens is 1. The molecule has 0 spiro atoms. The summed E-state index contributed by atoms with van der Waals surface area (Å²) in [6, 6.07) is 9.55. The summed E-state index contributed by atoms with van der Waals surface area (Å²) in [4.78, 5) is 47.4. The lowest BCUT2D eigenvalue weighted by Crippen LogP contribution is -2.40.